The van der Waals surface area contributed by atoms with E-state index in [0.29, 0.717) is 0 Å². The molecule has 0 saturated heterocycles. The molecule has 0 N–H and O–H groups in total. The number of hydrogen-bond donors (Lipinski definition) is 0. The Hall–Kier alpha value is -0.310. The van der Waals surface area contributed by atoms with Gasteiger partial charge in [-0.15, -0.1) is 0 Å². The minimum atomic E-state index is -2.00. The highest BCUT2D eigenvalue weighted by Crippen LogP contribution is 2.19. The van der Waals surface area contributed by atoms with Gasteiger partial charge in [-0.3, -0.25) is 0 Å². The van der Waals surface area contributed by atoms with Crippen LogP contribution in [0.1, 0.15) is 226 Å². The molecule has 0 bridgehead atoms. The quantitative estimate of drug-likeness (QED) is 0.0558. The van der Waals surface area contributed by atoms with Crippen molar-refractivity contribution in [3.63, 3.8) is 0 Å². The fraction of sp³-hybridized carbons (Fsp3) is 0.973. The number of hydrogen-bond acceptors (Lipinski definition) is 2. The van der Waals surface area contributed by atoms with Crippen molar-refractivity contribution in [1.29, 1.82) is 0 Å². The third-order valence-corrected chi connectivity index (χ3v) is 9.52. The fourth-order valence-electron chi connectivity index (χ4n) is 6.17. The molecule has 0 aliphatic rings. The minimum absolute atomic E-state index is 0.273. The second-order valence-corrected chi connectivity index (χ2v) is 13.8. The summed E-state index contributed by atoms with van der Waals surface area (Å²) in [5.41, 5.74) is 0. The van der Waals surface area contributed by atoms with E-state index in [1.54, 1.807) is 5.37 Å². The molecule has 0 aromatic rings. The first-order chi connectivity index (χ1) is 19.7. The molecule has 0 aromatic carbocycles. The highest BCUT2D eigenvalue weighted by atomic mass is 32.2. The predicted octanol–water partition coefficient (Wildman–Crippen LogP) is 13.2. The van der Waals surface area contributed by atoms with Crippen LogP contribution < -0.4 is 0 Å². The van der Waals surface area contributed by atoms with Crippen LogP contribution in [0.5, 0.6) is 0 Å². The lowest BCUT2D eigenvalue weighted by molar-refractivity contribution is 0.489. The minimum Gasteiger partial charge on any atom is -0.185 e. The zero-order valence-corrected chi connectivity index (χ0v) is 28.5. The highest BCUT2D eigenvalue weighted by molar-refractivity contribution is 7.71. The van der Waals surface area contributed by atoms with Gasteiger partial charge in [-0.1, -0.05) is 213 Å². The van der Waals surface area contributed by atoms with E-state index < -0.39 is 10.3 Å². The Morgan fingerprint density at radius 1 is 0.350 bits per heavy atom. The van der Waals surface area contributed by atoms with Gasteiger partial charge in [-0.05, 0) is 18.8 Å². The van der Waals surface area contributed by atoms with Crippen LogP contribution in [0.15, 0.2) is 0 Å². The van der Waals surface area contributed by atoms with Crippen molar-refractivity contribution in [2.75, 3.05) is 0 Å². The van der Waals surface area contributed by atoms with Crippen LogP contribution in [0.3, 0.4) is 0 Å². The maximum Gasteiger partial charge on any atom is 0.210 e. The van der Waals surface area contributed by atoms with Crippen LogP contribution >= 0.6 is 0 Å². The third kappa shape index (κ3) is 33.9. The third-order valence-electron chi connectivity index (χ3n) is 8.91. The number of rotatable bonds is 34. The molecule has 0 radical (unpaired) electrons. The van der Waals surface area contributed by atoms with E-state index >= 15 is 0 Å². The molecule has 0 heterocycles. The SMILES string of the molecule is CCCCCCCCCCCCCCCCCCCCCCCCCCCCCC(C=S(=O)=O)CCCCCC. The van der Waals surface area contributed by atoms with Gasteiger partial charge in [0.1, 0.15) is 0 Å². The van der Waals surface area contributed by atoms with Crippen LogP contribution in [0.2, 0.25) is 0 Å². The second kappa shape index (κ2) is 34.9. The van der Waals surface area contributed by atoms with Crippen molar-refractivity contribution >= 4 is 15.7 Å². The Bertz CT molecular complexity index is 589. The molecule has 0 fully saturated rings. The summed E-state index contributed by atoms with van der Waals surface area (Å²) in [6, 6.07) is 0. The Balaban J connectivity index is 3.26. The van der Waals surface area contributed by atoms with Crippen molar-refractivity contribution in [2.45, 2.75) is 226 Å². The first-order valence-corrected chi connectivity index (χ1v) is 19.8. The van der Waals surface area contributed by atoms with Crippen LogP contribution in [-0.2, 0) is 10.3 Å². The van der Waals surface area contributed by atoms with Crippen molar-refractivity contribution in [2.24, 2.45) is 5.92 Å². The largest absolute Gasteiger partial charge is 0.210 e. The van der Waals surface area contributed by atoms with Gasteiger partial charge >= 0.3 is 0 Å². The molecule has 0 aromatic heterocycles. The molecule has 0 rings (SSSR count). The fourth-order valence-corrected chi connectivity index (χ4v) is 6.76. The van der Waals surface area contributed by atoms with Gasteiger partial charge in [0.2, 0.25) is 10.3 Å². The second-order valence-electron chi connectivity index (χ2n) is 13.0. The summed E-state index contributed by atoms with van der Waals surface area (Å²) in [6.45, 7) is 4.52. The van der Waals surface area contributed by atoms with Crippen molar-refractivity contribution < 1.29 is 8.42 Å². The average Bonchev–Trinajstić information content (AvgIpc) is 2.94. The van der Waals surface area contributed by atoms with E-state index in [-0.39, 0.29) is 5.92 Å². The molecule has 0 aliphatic carbocycles. The summed E-state index contributed by atoms with van der Waals surface area (Å²) in [4.78, 5) is 0. The lowest BCUT2D eigenvalue weighted by Gasteiger charge is -2.10. The molecule has 240 valence electrons. The van der Waals surface area contributed by atoms with Gasteiger partial charge in [0, 0.05) is 5.37 Å². The highest BCUT2D eigenvalue weighted by Gasteiger charge is 2.06. The molecule has 1 atom stereocenters. The number of unbranched alkanes of at least 4 members (excludes halogenated alkanes) is 29. The Morgan fingerprint density at radius 2 is 0.550 bits per heavy atom. The van der Waals surface area contributed by atoms with Crippen LogP contribution in [0.25, 0.3) is 0 Å². The van der Waals surface area contributed by atoms with Crippen molar-refractivity contribution in [1.82, 2.24) is 0 Å². The van der Waals surface area contributed by atoms with E-state index in [0.717, 1.165) is 12.8 Å². The van der Waals surface area contributed by atoms with Gasteiger partial charge in [-0.25, -0.2) is 0 Å². The van der Waals surface area contributed by atoms with Crippen molar-refractivity contribution in [3.8, 4) is 0 Å². The first-order valence-electron chi connectivity index (χ1n) is 18.6. The van der Waals surface area contributed by atoms with E-state index in [4.69, 9.17) is 0 Å². The van der Waals surface area contributed by atoms with Crippen LogP contribution in [0.4, 0.5) is 0 Å². The molecule has 0 saturated carbocycles. The molecular weight excluding hydrogens is 508 g/mol. The van der Waals surface area contributed by atoms with Gasteiger partial charge in [0.25, 0.3) is 0 Å². The standard InChI is InChI=1S/C37H74O2S/c1-3-5-7-9-10-11-12-13-14-15-16-17-18-19-20-21-22-23-24-25-26-27-28-29-30-31-33-35-37(36-40(38)39)34-32-8-6-4-2/h36-37H,3-35H2,1-2H3. The lowest BCUT2D eigenvalue weighted by atomic mass is 9.96. The van der Waals surface area contributed by atoms with E-state index in [1.165, 1.54) is 199 Å². The predicted molar refractivity (Wildman–Crippen MR) is 182 cm³/mol. The van der Waals surface area contributed by atoms with Crippen LogP contribution in [-0.4, -0.2) is 13.8 Å². The molecular formula is C37H74O2S. The summed E-state index contributed by atoms with van der Waals surface area (Å²) in [7, 11) is -2.00. The monoisotopic (exact) mass is 583 g/mol. The smallest absolute Gasteiger partial charge is 0.185 e. The molecule has 3 heteroatoms. The lowest BCUT2D eigenvalue weighted by Crippen LogP contribution is -2.03. The summed E-state index contributed by atoms with van der Waals surface area (Å²) in [5, 5.41) is 1.56. The van der Waals surface area contributed by atoms with E-state index in [1.807, 2.05) is 0 Å². The zero-order valence-electron chi connectivity index (χ0n) is 27.7. The maximum atomic E-state index is 11.1. The average molecular weight is 583 g/mol. The molecule has 0 aliphatic heterocycles. The van der Waals surface area contributed by atoms with Gasteiger partial charge in [0.15, 0.2) is 0 Å². The van der Waals surface area contributed by atoms with Gasteiger partial charge < -0.3 is 0 Å². The summed E-state index contributed by atoms with van der Waals surface area (Å²) in [6.07, 6.45) is 45.5. The normalized spacial score (nSPS) is 12.2. The Labute approximate surface area is 255 Å². The van der Waals surface area contributed by atoms with Gasteiger partial charge in [0.05, 0.1) is 0 Å². The first kappa shape index (κ1) is 39.7. The summed E-state index contributed by atoms with van der Waals surface area (Å²) < 4.78 is 22.2. The molecule has 40 heavy (non-hydrogen) atoms. The Kier molecular flexibility index (Phi) is 34.6. The molecule has 0 spiro atoms. The van der Waals surface area contributed by atoms with E-state index in [9.17, 15) is 8.42 Å². The molecule has 0 amide bonds. The van der Waals surface area contributed by atoms with Crippen LogP contribution in [0, 0.1) is 5.92 Å². The summed E-state index contributed by atoms with van der Waals surface area (Å²) in [5.74, 6) is 0.273. The molecule has 2 nitrogen and oxygen atoms in total. The maximum absolute atomic E-state index is 11.1. The van der Waals surface area contributed by atoms with Crippen molar-refractivity contribution in [3.05, 3.63) is 0 Å². The van der Waals surface area contributed by atoms with E-state index in [2.05, 4.69) is 13.8 Å². The van der Waals surface area contributed by atoms with Gasteiger partial charge in [-0.2, -0.15) is 8.42 Å². The molecule has 1 unspecified atom stereocenters. The topological polar surface area (TPSA) is 34.1 Å². The Morgan fingerprint density at radius 3 is 0.775 bits per heavy atom. The zero-order chi connectivity index (χ0) is 29.2. The summed E-state index contributed by atoms with van der Waals surface area (Å²) >= 11 is 0.